The van der Waals surface area contributed by atoms with Gasteiger partial charge in [0.15, 0.2) is 0 Å². The molecule has 0 radical (unpaired) electrons. The molecule has 2 rings (SSSR count). The van der Waals surface area contributed by atoms with Crippen molar-refractivity contribution in [2.24, 2.45) is 5.92 Å². The summed E-state index contributed by atoms with van der Waals surface area (Å²) in [6.45, 7) is 6.07. The van der Waals surface area contributed by atoms with Crippen LogP contribution in [0.1, 0.15) is 48.2 Å². The maximum absolute atomic E-state index is 12.3. The summed E-state index contributed by atoms with van der Waals surface area (Å²) in [6, 6.07) is 14.0. The molecule has 0 saturated carbocycles. The molecule has 24 heavy (non-hydrogen) atoms. The van der Waals surface area contributed by atoms with Gasteiger partial charge in [0.25, 0.3) is 0 Å². The molecule has 4 nitrogen and oxygen atoms in total. The van der Waals surface area contributed by atoms with Crippen molar-refractivity contribution in [1.82, 2.24) is 0 Å². The van der Waals surface area contributed by atoms with E-state index in [2.05, 4.69) is 13.8 Å². The average molecular weight is 326 g/mol. The summed E-state index contributed by atoms with van der Waals surface area (Å²) in [5.74, 6) is -1.42. The van der Waals surface area contributed by atoms with Crippen LogP contribution in [0.4, 0.5) is 0 Å². The zero-order valence-electron chi connectivity index (χ0n) is 14.2. The standard InChI is InChI=1S/C20H22O4/c1-13(2)12-15-8-10-16(11-9-15)14(3)20(23)24-18-7-5-4-6-17(18)19(21)22/h4-11,13-14H,12H2,1-3H3,(H,21,22). The molecule has 0 aromatic heterocycles. The first-order chi connectivity index (χ1) is 11.4. The second-order valence-electron chi connectivity index (χ2n) is 6.28. The summed E-state index contributed by atoms with van der Waals surface area (Å²) in [7, 11) is 0. The van der Waals surface area contributed by atoms with Crippen molar-refractivity contribution in [2.45, 2.75) is 33.1 Å². The number of rotatable bonds is 6. The van der Waals surface area contributed by atoms with Crippen LogP contribution in [-0.4, -0.2) is 17.0 Å². The van der Waals surface area contributed by atoms with Gasteiger partial charge in [-0.3, -0.25) is 4.79 Å². The smallest absolute Gasteiger partial charge is 0.339 e. The van der Waals surface area contributed by atoms with Crippen LogP contribution < -0.4 is 4.74 Å². The molecule has 4 heteroatoms. The zero-order valence-corrected chi connectivity index (χ0v) is 14.2. The van der Waals surface area contributed by atoms with E-state index in [1.165, 1.54) is 17.7 Å². The number of hydrogen-bond donors (Lipinski definition) is 1. The quantitative estimate of drug-likeness (QED) is 0.635. The minimum Gasteiger partial charge on any atom is -0.478 e. The van der Waals surface area contributed by atoms with Gasteiger partial charge < -0.3 is 9.84 Å². The van der Waals surface area contributed by atoms with Gasteiger partial charge >= 0.3 is 11.9 Å². The molecule has 0 aliphatic heterocycles. The Kier molecular flexibility index (Phi) is 5.74. The predicted molar refractivity (Wildman–Crippen MR) is 92.4 cm³/mol. The van der Waals surface area contributed by atoms with E-state index in [1.54, 1.807) is 19.1 Å². The third-order valence-corrected chi connectivity index (χ3v) is 3.81. The summed E-state index contributed by atoms with van der Waals surface area (Å²) in [6.07, 6.45) is 0.991. The number of aromatic carboxylic acids is 1. The number of carboxylic acids is 1. The van der Waals surface area contributed by atoms with Crippen molar-refractivity contribution in [3.8, 4) is 5.75 Å². The van der Waals surface area contributed by atoms with Gasteiger partial charge in [0, 0.05) is 0 Å². The highest BCUT2D eigenvalue weighted by molar-refractivity contribution is 5.92. The van der Waals surface area contributed by atoms with Crippen molar-refractivity contribution >= 4 is 11.9 Å². The van der Waals surface area contributed by atoms with Crippen LogP contribution in [0.2, 0.25) is 0 Å². The second kappa shape index (κ2) is 7.77. The van der Waals surface area contributed by atoms with Crippen LogP contribution in [0.15, 0.2) is 48.5 Å². The van der Waals surface area contributed by atoms with Gasteiger partial charge in [0.2, 0.25) is 0 Å². The lowest BCUT2D eigenvalue weighted by Gasteiger charge is -2.14. The van der Waals surface area contributed by atoms with E-state index >= 15 is 0 Å². The van der Waals surface area contributed by atoms with Gasteiger partial charge in [0.1, 0.15) is 11.3 Å². The van der Waals surface area contributed by atoms with Crippen LogP contribution in [-0.2, 0) is 11.2 Å². The first kappa shape index (κ1) is 17.7. The number of benzene rings is 2. The highest BCUT2D eigenvalue weighted by Crippen LogP contribution is 2.23. The minimum absolute atomic E-state index is 0.0228. The number of esters is 1. The fraction of sp³-hybridized carbons (Fsp3) is 0.300. The Hall–Kier alpha value is -2.62. The summed E-state index contributed by atoms with van der Waals surface area (Å²) < 4.78 is 5.30. The largest absolute Gasteiger partial charge is 0.478 e. The normalized spacial score (nSPS) is 12.0. The van der Waals surface area contributed by atoms with Gasteiger partial charge in [0.05, 0.1) is 5.92 Å². The van der Waals surface area contributed by atoms with Crippen LogP contribution in [0, 0.1) is 5.92 Å². The van der Waals surface area contributed by atoms with E-state index in [0.29, 0.717) is 5.92 Å². The third kappa shape index (κ3) is 4.44. The average Bonchev–Trinajstić information content (AvgIpc) is 2.54. The Balaban J connectivity index is 2.11. The van der Waals surface area contributed by atoms with E-state index < -0.39 is 17.9 Å². The van der Waals surface area contributed by atoms with Gasteiger partial charge in [-0.1, -0.05) is 50.2 Å². The van der Waals surface area contributed by atoms with E-state index in [1.807, 2.05) is 24.3 Å². The van der Waals surface area contributed by atoms with E-state index in [0.717, 1.165) is 12.0 Å². The molecule has 2 aromatic rings. The number of hydrogen-bond acceptors (Lipinski definition) is 3. The zero-order chi connectivity index (χ0) is 17.7. The number of carbonyl (C=O) groups is 2. The lowest BCUT2D eigenvalue weighted by molar-refractivity contribution is -0.135. The summed E-state index contributed by atoms with van der Waals surface area (Å²) >= 11 is 0. The van der Waals surface area contributed by atoms with Gasteiger partial charge in [-0.2, -0.15) is 0 Å². The topological polar surface area (TPSA) is 63.6 Å². The Morgan fingerprint density at radius 3 is 2.21 bits per heavy atom. The number of ether oxygens (including phenoxy) is 1. The minimum atomic E-state index is -1.12. The number of carbonyl (C=O) groups excluding carboxylic acids is 1. The Labute approximate surface area is 142 Å². The maximum atomic E-state index is 12.3. The second-order valence-corrected chi connectivity index (χ2v) is 6.28. The van der Waals surface area contributed by atoms with Crippen molar-refractivity contribution in [3.63, 3.8) is 0 Å². The SMILES string of the molecule is CC(C)Cc1ccc(C(C)C(=O)Oc2ccccc2C(=O)O)cc1. The predicted octanol–water partition coefficient (Wildman–Crippen LogP) is 4.29. The summed E-state index contributed by atoms with van der Waals surface area (Å²) in [5.41, 5.74) is 2.05. The molecule has 126 valence electrons. The molecule has 0 amide bonds. The van der Waals surface area contributed by atoms with Crippen molar-refractivity contribution < 1.29 is 19.4 Å². The Bertz CT molecular complexity index is 717. The molecule has 0 heterocycles. The molecule has 0 bridgehead atoms. The number of carboxylic acid groups (broad SMARTS) is 1. The molecule has 1 unspecified atom stereocenters. The van der Waals surface area contributed by atoms with Gasteiger partial charge in [-0.15, -0.1) is 0 Å². The van der Waals surface area contributed by atoms with Gasteiger partial charge in [-0.25, -0.2) is 4.79 Å². The molecule has 1 atom stereocenters. The first-order valence-electron chi connectivity index (χ1n) is 8.01. The van der Waals surface area contributed by atoms with Crippen molar-refractivity contribution in [1.29, 1.82) is 0 Å². The van der Waals surface area contributed by atoms with Crippen molar-refractivity contribution in [2.75, 3.05) is 0 Å². The molecule has 0 saturated heterocycles. The molecular weight excluding hydrogens is 304 g/mol. The van der Waals surface area contributed by atoms with E-state index in [9.17, 15) is 9.59 Å². The van der Waals surface area contributed by atoms with Crippen molar-refractivity contribution in [3.05, 3.63) is 65.2 Å². The molecule has 0 aliphatic rings. The first-order valence-corrected chi connectivity index (χ1v) is 8.01. The molecular formula is C20H22O4. The molecule has 0 spiro atoms. The Morgan fingerprint density at radius 1 is 1.00 bits per heavy atom. The summed E-state index contributed by atoms with van der Waals surface area (Å²) in [5, 5.41) is 9.15. The van der Waals surface area contributed by atoms with Crippen LogP contribution in [0.25, 0.3) is 0 Å². The van der Waals surface area contributed by atoms with Crippen LogP contribution >= 0.6 is 0 Å². The lowest BCUT2D eigenvalue weighted by atomic mass is 9.97. The molecule has 0 aliphatic carbocycles. The van der Waals surface area contributed by atoms with E-state index in [4.69, 9.17) is 9.84 Å². The van der Waals surface area contributed by atoms with Crippen LogP contribution in [0.5, 0.6) is 5.75 Å². The molecule has 0 fully saturated rings. The Morgan fingerprint density at radius 2 is 1.62 bits per heavy atom. The monoisotopic (exact) mass is 326 g/mol. The fourth-order valence-corrected chi connectivity index (χ4v) is 2.48. The highest BCUT2D eigenvalue weighted by atomic mass is 16.5. The van der Waals surface area contributed by atoms with Gasteiger partial charge in [-0.05, 0) is 42.5 Å². The van der Waals surface area contributed by atoms with E-state index in [-0.39, 0.29) is 11.3 Å². The maximum Gasteiger partial charge on any atom is 0.339 e. The lowest BCUT2D eigenvalue weighted by Crippen LogP contribution is -2.17. The highest BCUT2D eigenvalue weighted by Gasteiger charge is 2.20. The molecule has 2 aromatic carbocycles. The summed E-state index contributed by atoms with van der Waals surface area (Å²) in [4.78, 5) is 23.5. The third-order valence-electron chi connectivity index (χ3n) is 3.81. The van der Waals surface area contributed by atoms with Crippen LogP contribution in [0.3, 0.4) is 0 Å². The fourth-order valence-electron chi connectivity index (χ4n) is 2.48. The number of para-hydroxylation sites is 1. The molecule has 1 N–H and O–H groups in total.